The van der Waals surface area contributed by atoms with Crippen LogP contribution in [0.25, 0.3) is 0 Å². The predicted molar refractivity (Wildman–Crippen MR) is 73.9 cm³/mol. The number of rotatable bonds is 8. The highest BCUT2D eigenvalue weighted by molar-refractivity contribution is 5.87. The molecule has 0 radical (unpaired) electrons. The number of ether oxygens (including phenoxy) is 1. The van der Waals surface area contributed by atoms with E-state index in [9.17, 15) is 49.1 Å². The van der Waals surface area contributed by atoms with Crippen molar-refractivity contribution < 1.29 is 58.9 Å². The van der Waals surface area contributed by atoms with Gasteiger partial charge in [0, 0.05) is 11.1 Å². The summed E-state index contributed by atoms with van der Waals surface area (Å²) in [6.45, 7) is 5.08. The SMILES string of the molecule is C=C(C)C(=O)OC(F)C(F)C(F)F.CC(=CC(F)C(F)(F)C(F)F)C(=O)O. The van der Waals surface area contributed by atoms with E-state index < -0.39 is 55.0 Å². The van der Waals surface area contributed by atoms with Crippen molar-refractivity contribution in [2.75, 3.05) is 0 Å². The van der Waals surface area contributed by atoms with Crippen LogP contribution in [0, 0.1) is 0 Å². The molecule has 0 amide bonds. The number of halogens is 9. The van der Waals surface area contributed by atoms with E-state index in [4.69, 9.17) is 5.11 Å². The Bertz CT molecular complexity index is 549. The summed E-state index contributed by atoms with van der Waals surface area (Å²) >= 11 is 0. The first-order valence-electron chi connectivity index (χ1n) is 6.70. The molecule has 0 aromatic rings. The standard InChI is InChI=1S/C7H7F5O2.C7H8F4O2/c1-3(5(13)14)2-4(8)7(11,12)6(9)10;1-3(2)7(12)13-6(11)4(8)5(9)10/h2,4,6H,1H3,(H,13,14);4-6H,1H2,2H3. The number of alkyl halides is 9. The number of hydrogen-bond donors (Lipinski definition) is 1. The topological polar surface area (TPSA) is 63.6 Å². The highest BCUT2D eigenvalue weighted by atomic mass is 19.3. The van der Waals surface area contributed by atoms with Crippen LogP contribution in [0.1, 0.15) is 13.8 Å². The van der Waals surface area contributed by atoms with Crippen LogP contribution >= 0.6 is 0 Å². The van der Waals surface area contributed by atoms with Crippen LogP contribution in [0.2, 0.25) is 0 Å². The summed E-state index contributed by atoms with van der Waals surface area (Å²) < 4.78 is 111. The van der Waals surface area contributed by atoms with Crippen LogP contribution in [0.15, 0.2) is 23.8 Å². The van der Waals surface area contributed by atoms with Crippen LogP contribution in [0.3, 0.4) is 0 Å². The minimum atomic E-state index is -4.86. The Hall–Kier alpha value is -2.21. The van der Waals surface area contributed by atoms with Gasteiger partial charge in [-0.3, -0.25) is 0 Å². The lowest BCUT2D eigenvalue weighted by atomic mass is 10.1. The fraction of sp³-hybridized carbons (Fsp3) is 0.571. The van der Waals surface area contributed by atoms with Crippen molar-refractivity contribution in [1.29, 1.82) is 0 Å². The number of esters is 1. The average Bonchev–Trinajstić information content (AvgIpc) is 2.53. The zero-order valence-corrected chi connectivity index (χ0v) is 13.7. The molecule has 0 saturated carbocycles. The summed E-state index contributed by atoms with van der Waals surface area (Å²) in [5.41, 5.74) is -0.943. The fourth-order valence-corrected chi connectivity index (χ4v) is 0.904. The summed E-state index contributed by atoms with van der Waals surface area (Å²) in [6, 6.07) is 0. The van der Waals surface area contributed by atoms with Crippen LogP contribution in [-0.4, -0.2) is 54.5 Å². The quantitative estimate of drug-likeness (QED) is 0.364. The number of hydrogen-bond acceptors (Lipinski definition) is 3. The smallest absolute Gasteiger partial charge is 0.341 e. The number of allylic oxidation sites excluding steroid dienone is 1. The van der Waals surface area contributed by atoms with Gasteiger partial charge in [0.25, 0.3) is 12.8 Å². The zero-order chi connectivity index (χ0) is 22.1. The van der Waals surface area contributed by atoms with Crippen LogP contribution in [0.4, 0.5) is 39.5 Å². The highest BCUT2D eigenvalue weighted by Crippen LogP contribution is 2.30. The normalized spacial score (nSPS) is 15.5. The maximum atomic E-state index is 12.5. The number of aliphatic carboxylic acids is 1. The molecular formula is C14H15F9O4. The molecule has 13 heteroatoms. The molecule has 0 rings (SSSR count). The largest absolute Gasteiger partial charge is 0.478 e. The average molecular weight is 418 g/mol. The molecular weight excluding hydrogens is 403 g/mol. The fourth-order valence-electron chi connectivity index (χ4n) is 0.904. The second-order valence-electron chi connectivity index (χ2n) is 4.85. The minimum absolute atomic E-state index is 0.0471. The lowest BCUT2D eigenvalue weighted by Crippen LogP contribution is -2.36. The molecule has 0 aromatic carbocycles. The van der Waals surface area contributed by atoms with E-state index in [0.29, 0.717) is 0 Å². The molecule has 0 heterocycles. The predicted octanol–water partition coefficient (Wildman–Crippen LogP) is 4.26. The van der Waals surface area contributed by atoms with Gasteiger partial charge in [-0.2, -0.15) is 13.2 Å². The van der Waals surface area contributed by atoms with E-state index in [1.807, 2.05) is 0 Å². The van der Waals surface area contributed by atoms with E-state index in [1.54, 1.807) is 0 Å². The van der Waals surface area contributed by atoms with Gasteiger partial charge in [-0.1, -0.05) is 6.58 Å². The van der Waals surface area contributed by atoms with Crippen molar-refractivity contribution >= 4 is 11.9 Å². The first-order valence-corrected chi connectivity index (χ1v) is 6.70. The molecule has 0 aliphatic heterocycles. The van der Waals surface area contributed by atoms with Gasteiger partial charge in [0.15, 0.2) is 6.17 Å². The molecule has 1 N–H and O–H groups in total. The molecule has 0 aromatic heterocycles. The summed E-state index contributed by atoms with van der Waals surface area (Å²) in [5.74, 6) is -7.75. The third kappa shape index (κ3) is 9.89. The molecule has 0 saturated heterocycles. The Morgan fingerprint density at radius 3 is 1.78 bits per heavy atom. The summed E-state index contributed by atoms with van der Waals surface area (Å²) in [5, 5.41) is 8.17. The van der Waals surface area contributed by atoms with Crippen LogP contribution in [-0.2, 0) is 14.3 Å². The van der Waals surface area contributed by atoms with Crippen molar-refractivity contribution in [2.24, 2.45) is 0 Å². The summed E-state index contributed by atoms with van der Waals surface area (Å²) in [6.07, 6.45) is -17.1. The molecule has 0 aliphatic carbocycles. The first kappa shape index (κ1) is 27.0. The molecule has 0 fully saturated rings. The van der Waals surface area contributed by atoms with Crippen molar-refractivity contribution in [3.05, 3.63) is 23.8 Å². The Kier molecular flexibility index (Phi) is 11.5. The highest BCUT2D eigenvalue weighted by Gasteiger charge is 2.48. The Labute approximate surface area is 147 Å². The Morgan fingerprint density at radius 1 is 1.04 bits per heavy atom. The lowest BCUT2D eigenvalue weighted by Gasteiger charge is -2.17. The molecule has 0 aliphatic rings. The van der Waals surface area contributed by atoms with E-state index in [1.165, 1.54) is 6.92 Å². The number of carbonyl (C=O) groups excluding carboxylic acids is 1. The van der Waals surface area contributed by atoms with Gasteiger partial charge >= 0.3 is 24.3 Å². The maximum Gasteiger partial charge on any atom is 0.341 e. The van der Waals surface area contributed by atoms with Crippen LogP contribution in [0.5, 0.6) is 0 Å². The lowest BCUT2D eigenvalue weighted by molar-refractivity contribution is -0.167. The molecule has 3 atom stereocenters. The first-order chi connectivity index (χ1) is 12.0. The number of carboxylic acids is 1. The van der Waals surface area contributed by atoms with Crippen molar-refractivity contribution in [3.63, 3.8) is 0 Å². The molecule has 0 bridgehead atoms. The summed E-state index contributed by atoms with van der Waals surface area (Å²) in [7, 11) is 0. The minimum Gasteiger partial charge on any atom is -0.478 e. The molecule has 4 nitrogen and oxygen atoms in total. The third-order valence-electron chi connectivity index (χ3n) is 2.45. The Morgan fingerprint density at radius 2 is 1.48 bits per heavy atom. The monoisotopic (exact) mass is 418 g/mol. The van der Waals surface area contributed by atoms with Gasteiger partial charge in [0.05, 0.1) is 0 Å². The van der Waals surface area contributed by atoms with Gasteiger partial charge in [-0.05, 0) is 19.9 Å². The third-order valence-corrected chi connectivity index (χ3v) is 2.45. The summed E-state index contributed by atoms with van der Waals surface area (Å²) in [4.78, 5) is 20.6. The van der Waals surface area contributed by atoms with Crippen molar-refractivity contribution in [1.82, 2.24) is 0 Å². The Balaban J connectivity index is 0. The van der Waals surface area contributed by atoms with Gasteiger partial charge < -0.3 is 9.84 Å². The maximum absolute atomic E-state index is 12.5. The van der Waals surface area contributed by atoms with Gasteiger partial charge in [0.1, 0.15) is 0 Å². The number of carboxylic acid groups (broad SMARTS) is 1. The van der Waals surface area contributed by atoms with Gasteiger partial charge in [-0.25, -0.2) is 35.9 Å². The van der Waals surface area contributed by atoms with E-state index >= 15 is 0 Å². The molecule has 3 unspecified atom stereocenters. The molecule has 0 spiro atoms. The zero-order valence-electron chi connectivity index (χ0n) is 13.7. The van der Waals surface area contributed by atoms with E-state index in [0.717, 1.165) is 6.92 Å². The number of carbonyl (C=O) groups is 2. The molecule has 27 heavy (non-hydrogen) atoms. The van der Waals surface area contributed by atoms with E-state index in [2.05, 4.69) is 11.3 Å². The van der Waals surface area contributed by atoms with Gasteiger partial charge in [-0.15, -0.1) is 0 Å². The second-order valence-corrected chi connectivity index (χ2v) is 4.85. The van der Waals surface area contributed by atoms with Crippen molar-refractivity contribution in [2.45, 2.75) is 51.3 Å². The van der Waals surface area contributed by atoms with Crippen molar-refractivity contribution in [3.8, 4) is 0 Å². The van der Waals surface area contributed by atoms with Gasteiger partial charge in [0.2, 0.25) is 6.17 Å². The van der Waals surface area contributed by atoms with Crippen LogP contribution < -0.4 is 0 Å². The molecule has 158 valence electrons. The second kappa shape index (κ2) is 11.5. The van der Waals surface area contributed by atoms with E-state index in [-0.39, 0.29) is 11.6 Å².